The number of fused-ring (bicyclic) bond motifs is 1. The largest absolute Gasteiger partial charge is 0.440 e. The van der Waals surface area contributed by atoms with Crippen LogP contribution in [0.1, 0.15) is 31.2 Å². The number of hydrogen-bond acceptors (Lipinski definition) is 3. The monoisotopic (exact) mass is 203 g/mol. The molecule has 0 aliphatic heterocycles. The molecule has 0 saturated carbocycles. The molecule has 0 saturated heterocycles. The predicted octanol–water partition coefficient (Wildman–Crippen LogP) is 2.83. The minimum atomic E-state index is -0.266. The summed E-state index contributed by atoms with van der Waals surface area (Å²) in [6.07, 6.45) is 0. The van der Waals surface area contributed by atoms with E-state index < -0.39 is 0 Å². The lowest BCUT2D eigenvalue weighted by atomic mass is 10.1. The van der Waals surface area contributed by atoms with Crippen LogP contribution < -0.4 is 0 Å². The summed E-state index contributed by atoms with van der Waals surface area (Å²) in [5.74, 6) is 0.305. The van der Waals surface area contributed by atoms with Crippen molar-refractivity contribution >= 4 is 16.9 Å². The van der Waals surface area contributed by atoms with Gasteiger partial charge in [0.15, 0.2) is 5.58 Å². The Morgan fingerprint density at radius 3 is 2.87 bits per heavy atom. The first-order valence-electron chi connectivity index (χ1n) is 4.95. The van der Waals surface area contributed by atoms with Crippen LogP contribution in [0.15, 0.2) is 22.6 Å². The van der Waals surface area contributed by atoms with E-state index in [2.05, 4.69) is 4.98 Å². The Hall–Kier alpha value is -1.64. The molecular weight excluding hydrogens is 190 g/mol. The smallest absolute Gasteiger partial charge is 0.205 e. The molecule has 1 aromatic heterocycles. The SMILES string of the molecule is CC(=O)C(C)c1nc2ccc(C)cc2o1. The van der Waals surface area contributed by atoms with Crippen LogP contribution in [0.3, 0.4) is 0 Å². The van der Waals surface area contributed by atoms with E-state index >= 15 is 0 Å². The van der Waals surface area contributed by atoms with Gasteiger partial charge in [0.1, 0.15) is 11.3 Å². The van der Waals surface area contributed by atoms with Crippen molar-refractivity contribution in [3.63, 3.8) is 0 Å². The summed E-state index contributed by atoms with van der Waals surface area (Å²) in [7, 11) is 0. The van der Waals surface area contributed by atoms with Crippen LogP contribution in [0, 0.1) is 6.92 Å². The molecule has 0 aliphatic rings. The quantitative estimate of drug-likeness (QED) is 0.753. The highest BCUT2D eigenvalue weighted by Crippen LogP contribution is 2.22. The molecule has 2 rings (SSSR count). The second-order valence-electron chi connectivity index (χ2n) is 3.86. The lowest BCUT2D eigenvalue weighted by molar-refractivity contribution is -0.118. The Balaban J connectivity index is 2.51. The summed E-state index contributed by atoms with van der Waals surface area (Å²) < 4.78 is 5.54. The minimum absolute atomic E-state index is 0.0679. The van der Waals surface area contributed by atoms with Gasteiger partial charge < -0.3 is 4.42 Å². The summed E-state index contributed by atoms with van der Waals surface area (Å²) in [6, 6.07) is 5.82. The van der Waals surface area contributed by atoms with Crippen molar-refractivity contribution in [1.82, 2.24) is 4.98 Å². The maximum atomic E-state index is 11.2. The van der Waals surface area contributed by atoms with Gasteiger partial charge in [-0.25, -0.2) is 4.98 Å². The average Bonchev–Trinajstić information content (AvgIpc) is 2.58. The molecule has 0 aliphatic carbocycles. The van der Waals surface area contributed by atoms with E-state index in [9.17, 15) is 4.79 Å². The predicted molar refractivity (Wildman–Crippen MR) is 57.8 cm³/mol. The Labute approximate surface area is 88.1 Å². The van der Waals surface area contributed by atoms with E-state index in [1.54, 1.807) is 13.8 Å². The van der Waals surface area contributed by atoms with Gasteiger partial charge in [0.2, 0.25) is 5.89 Å². The molecule has 3 heteroatoms. The number of aromatic nitrogens is 1. The van der Waals surface area contributed by atoms with Gasteiger partial charge >= 0.3 is 0 Å². The van der Waals surface area contributed by atoms with E-state index in [0.29, 0.717) is 5.89 Å². The highest BCUT2D eigenvalue weighted by atomic mass is 16.3. The van der Waals surface area contributed by atoms with Crippen molar-refractivity contribution < 1.29 is 9.21 Å². The molecule has 0 spiro atoms. The van der Waals surface area contributed by atoms with Gasteiger partial charge in [-0.15, -0.1) is 0 Å². The number of Topliss-reactive ketones (excluding diaryl/α,β-unsaturated/α-hetero) is 1. The zero-order valence-electron chi connectivity index (χ0n) is 9.07. The number of nitrogens with zero attached hydrogens (tertiary/aromatic N) is 1. The van der Waals surface area contributed by atoms with Gasteiger partial charge in [-0.2, -0.15) is 0 Å². The number of hydrogen-bond donors (Lipinski definition) is 0. The van der Waals surface area contributed by atoms with Crippen molar-refractivity contribution in [1.29, 1.82) is 0 Å². The number of aryl methyl sites for hydroxylation is 1. The normalized spacial score (nSPS) is 13.0. The summed E-state index contributed by atoms with van der Waals surface area (Å²) in [5, 5.41) is 0. The highest BCUT2D eigenvalue weighted by Gasteiger charge is 2.17. The molecule has 1 heterocycles. The standard InChI is InChI=1S/C12H13NO2/c1-7-4-5-10-11(6-7)15-12(13-10)8(2)9(3)14/h4-6,8H,1-3H3. The lowest BCUT2D eigenvalue weighted by Gasteiger charge is -1.99. The van der Waals surface area contributed by atoms with Crippen molar-refractivity contribution in [2.75, 3.05) is 0 Å². The molecular formula is C12H13NO2. The lowest BCUT2D eigenvalue weighted by Crippen LogP contribution is -2.03. The van der Waals surface area contributed by atoms with E-state index in [1.807, 2.05) is 25.1 Å². The fourth-order valence-electron chi connectivity index (χ4n) is 1.41. The van der Waals surface area contributed by atoms with Crippen LogP contribution in [0.2, 0.25) is 0 Å². The third-order valence-electron chi connectivity index (χ3n) is 2.54. The van der Waals surface area contributed by atoms with Crippen LogP contribution >= 0.6 is 0 Å². The van der Waals surface area contributed by atoms with E-state index in [-0.39, 0.29) is 11.7 Å². The highest BCUT2D eigenvalue weighted by molar-refractivity contribution is 5.83. The zero-order chi connectivity index (χ0) is 11.0. The van der Waals surface area contributed by atoms with Crippen molar-refractivity contribution in [3.8, 4) is 0 Å². The number of ketones is 1. The topological polar surface area (TPSA) is 43.1 Å². The molecule has 2 aromatic rings. The van der Waals surface area contributed by atoms with Crippen molar-refractivity contribution in [3.05, 3.63) is 29.7 Å². The Morgan fingerprint density at radius 2 is 2.20 bits per heavy atom. The van der Waals surface area contributed by atoms with E-state index in [4.69, 9.17) is 4.42 Å². The molecule has 0 N–H and O–H groups in total. The molecule has 1 unspecified atom stereocenters. The first kappa shape index (κ1) is 9.90. The fourth-order valence-corrected chi connectivity index (χ4v) is 1.41. The fraction of sp³-hybridized carbons (Fsp3) is 0.333. The third kappa shape index (κ3) is 1.77. The number of benzene rings is 1. The Kier molecular flexibility index (Phi) is 2.31. The maximum absolute atomic E-state index is 11.2. The van der Waals surface area contributed by atoms with Gasteiger partial charge in [0, 0.05) is 0 Å². The van der Waals surface area contributed by atoms with E-state index in [1.165, 1.54) is 0 Å². The molecule has 0 radical (unpaired) electrons. The summed E-state index contributed by atoms with van der Waals surface area (Å²) in [5.41, 5.74) is 2.68. The molecule has 15 heavy (non-hydrogen) atoms. The van der Waals surface area contributed by atoms with Gasteiger partial charge in [-0.05, 0) is 38.5 Å². The molecule has 0 bridgehead atoms. The molecule has 0 amide bonds. The average molecular weight is 203 g/mol. The van der Waals surface area contributed by atoms with Crippen LogP contribution in [0.4, 0.5) is 0 Å². The summed E-state index contributed by atoms with van der Waals surface area (Å²) in [6.45, 7) is 5.35. The van der Waals surface area contributed by atoms with Crippen molar-refractivity contribution in [2.24, 2.45) is 0 Å². The van der Waals surface area contributed by atoms with Gasteiger partial charge in [0.25, 0.3) is 0 Å². The summed E-state index contributed by atoms with van der Waals surface area (Å²) in [4.78, 5) is 15.5. The van der Waals surface area contributed by atoms with E-state index in [0.717, 1.165) is 16.7 Å². The third-order valence-corrected chi connectivity index (χ3v) is 2.54. The molecule has 1 atom stereocenters. The number of carbonyl (C=O) groups is 1. The van der Waals surface area contributed by atoms with Crippen LogP contribution in [-0.2, 0) is 4.79 Å². The first-order chi connectivity index (χ1) is 7.08. The minimum Gasteiger partial charge on any atom is -0.440 e. The van der Waals surface area contributed by atoms with Crippen molar-refractivity contribution in [2.45, 2.75) is 26.7 Å². The van der Waals surface area contributed by atoms with Crippen LogP contribution in [0.5, 0.6) is 0 Å². The molecule has 3 nitrogen and oxygen atoms in total. The van der Waals surface area contributed by atoms with Crippen LogP contribution in [0.25, 0.3) is 11.1 Å². The summed E-state index contributed by atoms with van der Waals surface area (Å²) >= 11 is 0. The van der Waals surface area contributed by atoms with Gasteiger partial charge in [-0.1, -0.05) is 6.07 Å². The zero-order valence-corrected chi connectivity index (χ0v) is 9.07. The maximum Gasteiger partial charge on any atom is 0.205 e. The first-order valence-corrected chi connectivity index (χ1v) is 4.95. The van der Waals surface area contributed by atoms with Gasteiger partial charge in [0.05, 0.1) is 5.92 Å². The molecule has 1 aromatic carbocycles. The number of oxazole rings is 1. The molecule has 78 valence electrons. The number of rotatable bonds is 2. The van der Waals surface area contributed by atoms with Crippen LogP contribution in [-0.4, -0.2) is 10.8 Å². The van der Waals surface area contributed by atoms with Gasteiger partial charge in [-0.3, -0.25) is 4.79 Å². The second-order valence-corrected chi connectivity index (χ2v) is 3.86. The number of carbonyl (C=O) groups excluding carboxylic acids is 1. The molecule has 0 fully saturated rings. The Morgan fingerprint density at radius 1 is 1.47 bits per heavy atom. The second kappa shape index (κ2) is 3.50. The Bertz CT molecular complexity index is 513.